The van der Waals surface area contributed by atoms with Crippen molar-refractivity contribution in [3.8, 4) is 5.75 Å². The highest BCUT2D eigenvalue weighted by molar-refractivity contribution is 5.81. The number of methoxy groups -OCH3 is 1. The highest BCUT2D eigenvalue weighted by Gasteiger charge is 2.30. The monoisotopic (exact) mass is 374 g/mol. The van der Waals surface area contributed by atoms with Crippen LogP contribution in [0.1, 0.15) is 44.1 Å². The number of rotatable bonds is 7. The van der Waals surface area contributed by atoms with Crippen LogP contribution < -0.4 is 15.4 Å². The molecule has 0 radical (unpaired) electrons. The average Bonchev–Trinajstić information content (AvgIpc) is 3.24. The molecule has 6 heteroatoms. The predicted molar refractivity (Wildman–Crippen MR) is 102 cm³/mol. The van der Waals surface area contributed by atoms with Crippen LogP contribution in [-0.2, 0) is 20.9 Å². The van der Waals surface area contributed by atoms with Crippen LogP contribution in [-0.4, -0.2) is 38.2 Å². The number of carbonyl (C=O) groups is 2. The lowest BCUT2D eigenvalue weighted by atomic mass is 9.81. The number of hydrogen-bond acceptors (Lipinski definition) is 4. The van der Waals surface area contributed by atoms with E-state index >= 15 is 0 Å². The van der Waals surface area contributed by atoms with Gasteiger partial charge in [0.1, 0.15) is 5.75 Å². The zero-order chi connectivity index (χ0) is 19.1. The fourth-order valence-corrected chi connectivity index (χ4v) is 3.86. The van der Waals surface area contributed by atoms with E-state index in [4.69, 9.17) is 9.47 Å². The minimum absolute atomic E-state index is 0.00506. The summed E-state index contributed by atoms with van der Waals surface area (Å²) in [6.07, 6.45) is 5.38. The molecule has 2 N–H and O–H groups in total. The van der Waals surface area contributed by atoms with Crippen LogP contribution >= 0.6 is 0 Å². The van der Waals surface area contributed by atoms with E-state index in [9.17, 15) is 9.59 Å². The second-order valence-electron chi connectivity index (χ2n) is 7.49. The summed E-state index contributed by atoms with van der Waals surface area (Å²) in [5, 5.41) is 6.04. The molecule has 27 heavy (non-hydrogen) atoms. The van der Waals surface area contributed by atoms with Gasteiger partial charge in [0.15, 0.2) is 0 Å². The Balaban J connectivity index is 1.36. The molecule has 1 aromatic carbocycles. The molecular formula is C21H30N2O4. The predicted octanol–water partition coefficient (Wildman–Crippen LogP) is 2.41. The van der Waals surface area contributed by atoms with Gasteiger partial charge >= 0.3 is 0 Å². The van der Waals surface area contributed by atoms with E-state index in [-0.39, 0.29) is 29.8 Å². The van der Waals surface area contributed by atoms with Crippen LogP contribution in [0.2, 0.25) is 0 Å². The van der Waals surface area contributed by atoms with Gasteiger partial charge in [-0.1, -0.05) is 12.1 Å². The largest absolute Gasteiger partial charge is 0.497 e. The van der Waals surface area contributed by atoms with Crippen molar-refractivity contribution in [1.82, 2.24) is 10.6 Å². The number of hydrogen-bond donors (Lipinski definition) is 2. The second kappa shape index (κ2) is 9.74. The number of amides is 2. The first-order valence-electron chi connectivity index (χ1n) is 9.95. The Morgan fingerprint density at radius 3 is 2.19 bits per heavy atom. The van der Waals surface area contributed by atoms with Crippen LogP contribution in [0.5, 0.6) is 5.75 Å². The first-order chi connectivity index (χ1) is 13.2. The maximum Gasteiger partial charge on any atom is 0.223 e. The van der Waals surface area contributed by atoms with Crippen molar-refractivity contribution in [3.05, 3.63) is 29.8 Å². The molecule has 148 valence electrons. The lowest BCUT2D eigenvalue weighted by molar-refractivity contribution is -0.130. The van der Waals surface area contributed by atoms with Gasteiger partial charge in [-0.3, -0.25) is 9.59 Å². The standard InChI is InChI=1S/C21H30N2O4/c1-26-18-10-4-15(5-11-18)13-22-20(24)16-6-8-17(9-7-16)21(25)23-14-19-3-2-12-27-19/h4-5,10-11,16-17,19H,2-3,6-9,12-14H2,1H3,(H,22,24)(H,23,25). The first kappa shape index (κ1) is 19.7. The van der Waals surface area contributed by atoms with Crippen LogP contribution in [0, 0.1) is 11.8 Å². The summed E-state index contributed by atoms with van der Waals surface area (Å²) in [7, 11) is 1.63. The van der Waals surface area contributed by atoms with E-state index in [1.165, 1.54) is 0 Å². The molecule has 1 atom stereocenters. The highest BCUT2D eigenvalue weighted by atomic mass is 16.5. The molecule has 2 fully saturated rings. The Bertz CT molecular complexity index is 618. The number of nitrogens with one attached hydrogen (secondary N) is 2. The molecule has 0 aromatic heterocycles. The Labute approximate surface area is 161 Å². The maximum atomic E-state index is 12.4. The van der Waals surface area contributed by atoms with Gasteiger partial charge in [0.2, 0.25) is 11.8 Å². The average molecular weight is 374 g/mol. The molecule has 0 bridgehead atoms. The molecule has 1 saturated carbocycles. The molecular weight excluding hydrogens is 344 g/mol. The molecule has 1 saturated heterocycles. The topological polar surface area (TPSA) is 76.7 Å². The van der Waals surface area contributed by atoms with Crippen LogP contribution in [0.4, 0.5) is 0 Å². The molecule has 1 aromatic rings. The zero-order valence-electron chi connectivity index (χ0n) is 16.0. The van der Waals surface area contributed by atoms with Gasteiger partial charge in [-0.05, 0) is 56.2 Å². The molecule has 0 spiro atoms. The minimum Gasteiger partial charge on any atom is -0.497 e. The van der Waals surface area contributed by atoms with E-state index in [1.807, 2.05) is 24.3 Å². The minimum atomic E-state index is 0.00506. The smallest absolute Gasteiger partial charge is 0.223 e. The molecule has 1 unspecified atom stereocenters. The molecule has 1 aliphatic heterocycles. The number of benzene rings is 1. The summed E-state index contributed by atoms with van der Waals surface area (Å²) in [6.45, 7) is 1.93. The van der Waals surface area contributed by atoms with Crippen molar-refractivity contribution in [2.45, 2.75) is 51.2 Å². The van der Waals surface area contributed by atoms with Gasteiger partial charge in [0.25, 0.3) is 0 Å². The van der Waals surface area contributed by atoms with E-state index in [0.717, 1.165) is 56.4 Å². The Hall–Kier alpha value is -2.08. The van der Waals surface area contributed by atoms with Crippen molar-refractivity contribution in [2.24, 2.45) is 11.8 Å². The molecule has 2 amide bonds. The molecule has 1 heterocycles. The second-order valence-corrected chi connectivity index (χ2v) is 7.49. The SMILES string of the molecule is COc1ccc(CNC(=O)C2CCC(C(=O)NCC3CCCO3)CC2)cc1. The summed E-state index contributed by atoms with van der Waals surface area (Å²) in [5.41, 5.74) is 1.05. The Morgan fingerprint density at radius 2 is 1.63 bits per heavy atom. The van der Waals surface area contributed by atoms with Crippen molar-refractivity contribution in [1.29, 1.82) is 0 Å². The van der Waals surface area contributed by atoms with E-state index in [0.29, 0.717) is 13.1 Å². The number of ether oxygens (including phenoxy) is 2. The normalized spacial score (nSPS) is 25.0. The third-order valence-electron chi connectivity index (χ3n) is 5.62. The highest BCUT2D eigenvalue weighted by Crippen LogP contribution is 2.29. The Kier molecular flexibility index (Phi) is 7.10. The Morgan fingerprint density at radius 1 is 1.00 bits per heavy atom. The zero-order valence-corrected chi connectivity index (χ0v) is 16.0. The fourth-order valence-electron chi connectivity index (χ4n) is 3.86. The molecule has 3 rings (SSSR count). The van der Waals surface area contributed by atoms with E-state index in [1.54, 1.807) is 7.11 Å². The molecule has 2 aliphatic rings. The maximum absolute atomic E-state index is 12.4. The third kappa shape index (κ3) is 5.70. The van der Waals surface area contributed by atoms with E-state index in [2.05, 4.69) is 10.6 Å². The van der Waals surface area contributed by atoms with Crippen molar-refractivity contribution in [2.75, 3.05) is 20.3 Å². The van der Waals surface area contributed by atoms with Crippen LogP contribution in [0.3, 0.4) is 0 Å². The van der Waals surface area contributed by atoms with E-state index < -0.39 is 0 Å². The first-order valence-corrected chi connectivity index (χ1v) is 9.95. The van der Waals surface area contributed by atoms with Crippen LogP contribution in [0.15, 0.2) is 24.3 Å². The quantitative estimate of drug-likeness (QED) is 0.768. The van der Waals surface area contributed by atoms with Crippen LogP contribution in [0.25, 0.3) is 0 Å². The van der Waals surface area contributed by atoms with Gasteiger partial charge < -0.3 is 20.1 Å². The van der Waals surface area contributed by atoms with Gasteiger partial charge in [0.05, 0.1) is 13.2 Å². The van der Waals surface area contributed by atoms with Crippen molar-refractivity contribution >= 4 is 11.8 Å². The summed E-state index contributed by atoms with van der Waals surface area (Å²) in [4.78, 5) is 24.7. The van der Waals surface area contributed by atoms with Crippen molar-refractivity contribution < 1.29 is 19.1 Å². The molecule has 1 aliphatic carbocycles. The summed E-state index contributed by atoms with van der Waals surface area (Å²) >= 11 is 0. The molecule has 6 nitrogen and oxygen atoms in total. The van der Waals surface area contributed by atoms with Gasteiger partial charge in [-0.2, -0.15) is 0 Å². The lowest BCUT2D eigenvalue weighted by Crippen LogP contribution is -2.39. The van der Waals surface area contributed by atoms with Gasteiger partial charge in [0, 0.05) is 31.5 Å². The van der Waals surface area contributed by atoms with Gasteiger partial charge in [-0.25, -0.2) is 0 Å². The summed E-state index contributed by atoms with van der Waals surface area (Å²) < 4.78 is 10.7. The summed E-state index contributed by atoms with van der Waals surface area (Å²) in [5.74, 6) is 1.04. The lowest BCUT2D eigenvalue weighted by Gasteiger charge is -2.27. The summed E-state index contributed by atoms with van der Waals surface area (Å²) in [6, 6.07) is 7.69. The fraction of sp³-hybridized carbons (Fsp3) is 0.619. The number of carbonyl (C=O) groups excluding carboxylic acids is 2. The van der Waals surface area contributed by atoms with Crippen molar-refractivity contribution in [3.63, 3.8) is 0 Å². The van der Waals surface area contributed by atoms with Gasteiger partial charge in [-0.15, -0.1) is 0 Å². The third-order valence-corrected chi connectivity index (χ3v) is 5.62.